The number of anilines is 1. The Balaban J connectivity index is 1.75. The molecule has 1 aliphatic carbocycles. The van der Waals surface area contributed by atoms with E-state index in [1.165, 1.54) is 18.2 Å². The summed E-state index contributed by atoms with van der Waals surface area (Å²) in [4.78, 5) is 18.3. The van der Waals surface area contributed by atoms with Gasteiger partial charge in [-0.1, -0.05) is 18.2 Å². The van der Waals surface area contributed by atoms with Crippen molar-refractivity contribution in [2.24, 2.45) is 0 Å². The van der Waals surface area contributed by atoms with E-state index in [0.717, 1.165) is 12.8 Å². The molecule has 0 bridgehead atoms. The molecule has 0 saturated heterocycles. The Labute approximate surface area is 177 Å². The van der Waals surface area contributed by atoms with Crippen molar-refractivity contribution in [3.63, 3.8) is 0 Å². The van der Waals surface area contributed by atoms with Crippen molar-refractivity contribution in [2.75, 3.05) is 5.06 Å². The molecule has 1 amide bonds. The molecular weight excluding hydrogens is 440 g/mol. The second kappa shape index (κ2) is 7.88. The summed E-state index contributed by atoms with van der Waals surface area (Å²) in [6.45, 7) is 0. The van der Waals surface area contributed by atoms with Crippen LogP contribution in [-0.4, -0.2) is 16.1 Å². The highest BCUT2D eigenvalue weighted by Gasteiger charge is 2.38. The predicted octanol–water partition coefficient (Wildman–Crippen LogP) is 5.97. The van der Waals surface area contributed by atoms with Gasteiger partial charge < -0.3 is 4.84 Å². The third kappa shape index (κ3) is 4.71. The van der Waals surface area contributed by atoms with Crippen LogP contribution in [0.3, 0.4) is 0 Å². The minimum absolute atomic E-state index is 0.0179. The first-order chi connectivity index (χ1) is 15.0. The molecule has 2 aromatic carbocycles. The van der Waals surface area contributed by atoms with Gasteiger partial charge in [0.1, 0.15) is 0 Å². The van der Waals surface area contributed by atoms with E-state index in [0.29, 0.717) is 22.9 Å². The largest absolute Gasteiger partial charge is 0.416 e. The summed E-state index contributed by atoms with van der Waals surface area (Å²) in [6.07, 6.45) is -8.31. The topological polar surface area (TPSA) is 58.2 Å². The molecule has 1 saturated carbocycles. The quantitative estimate of drug-likeness (QED) is 0.381. The standard InChI is InChI=1S/C21H15F6N3O2/c22-20(23,24)14-8-15(21(25,26)27)10-16(9-14)32-30(19(31)13-4-2-1-3-5-13)18-11-17(28-29-18)12-6-7-12/h1-5,8-12H,6-7H2,(H,28,29). The first-order valence-corrected chi connectivity index (χ1v) is 9.44. The average Bonchev–Trinajstić information content (AvgIpc) is 3.48. The lowest BCUT2D eigenvalue weighted by Gasteiger charge is -2.21. The smallest absolute Gasteiger partial charge is 0.370 e. The van der Waals surface area contributed by atoms with E-state index in [4.69, 9.17) is 4.84 Å². The van der Waals surface area contributed by atoms with Crippen LogP contribution in [0.2, 0.25) is 0 Å². The van der Waals surface area contributed by atoms with Crippen molar-refractivity contribution >= 4 is 11.7 Å². The Bertz CT molecular complexity index is 1090. The van der Waals surface area contributed by atoms with E-state index in [9.17, 15) is 31.1 Å². The minimum Gasteiger partial charge on any atom is -0.370 e. The van der Waals surface area contributed by atoms with Gasteiger partial charge in [-0.3, -0.25) is 9.89 Å². The molecule has 1 N–H and O–H groups in total. The van der Waals surface area contributed by atoms with Crippen molar-refractivity contribution in [1.29, 1.82) is 0 Å². The second-order valence-corrected chi connectivity index (χ2v) is 7.25. The number of amides is 1. The summed E-state index contributed by atoms with van der Waals surface area (Å²) < 4.78 is 79.2. The Kier molecular flexibility index (Phi) is 5.35. The second-order valence-electron chi connectivity index (χ2n) is 7.25. The molecule has 5 nitrogen and oxygen atoms in total. The molecule has 1 heterocycles. The lowest BCUT2D eigenvalue weighted by Crippen LogP contribution is -2.35. The number of carbonyl (C=O) groups is 1. The van der Waals surface area contributed by atoms with Crippen LogP contribution in [0.1, 0.15) is 45.9 Å². The van der Waals surface area contributed by atoms with Crippen LogP contribution in [0.4, 0.5) is 32.2 Å². The zero-order valence-corrected chi connectivity index (χ0v) is 16.2. The van der Waals surface area contributed by atoms with Crippen molar-refractivity contribution in [3.8, 4) is 5.75 Å². The molecule has 0 spiro atoms. The predicted molar refractivity (Wildman–Crippen MR) is 101 cm³/mol. The summed E-state index contributed by atoms with van der Waals surface area (Å²) in [7, 11) is 0. The number of hydrogen-bond acceptors (Lipinski definition) is 3. The van der Waals surface area contributed by atoms with Gasteiger partial charge in [0.25, 0.3) is 5.91 Å². The lowest BCUT2D eigenvalue weighted by atomic mass is 10.1. The minimum atomic E-state index is -5.06. The third-order valence-corrected chi connectivity index (χ3v) is 4.77. The Morgan fingerprint density at radius 2 is 1.53 bits per heavy atom. The SMILES string of the molecule is O=C(c1ccccc1)N(Oc1cc(C(F)(F)F)cc(C(F)(F)F)c1)c1cc(C2CC2)[nH]n1. The number of alkyl halides is 6. The first-order valence-electron chi connectivity index (χ1n) is 9.44. The van der Waals surface area contributed by atoms with Crippen molar-refractivity contribution < 1.29 is 36.0 Å². The highest BCUT2D eigenvalue weighted by molar-refractivity contribution is 6.04. The number of hydrogen-bond donors (Lipinski definition) is 1. The van der Waals surface area contributed by atoms with E-state index in [-0.39, 0.29) is 23.4 Å². The highest BCUT2D eigenvalue weighted by Crippen LogP contribution is 2.41. The van der Waals surface area contributed by atoms with E-state index in [2.05, 4.69) is 10.2 Å². The number of rotatable bonds is 5. The normalized spacial score (nSPS) is 14.3. The Morgan fingerprint density at radius 3 is 2.06 bits per heavy atom. The molecule has 1 aliphatic rings. The highest BCUT2D eigenvalue weighted by atomic mass is 19.4. The fraction of sp³-hybridized carbons (Fsp3) is 0.238. The number of carbonyl (C=O) groups excluding carboxylic acids is 1. The number of halogens is 6. The van der Waals surface area contributed by atoms with Gasteiger partial charge in [-0.2, -0.15) is 31.4 Å². The maximum atomic E-state index is 13.2. The molecule has 0 aliphatic heterocycles. The number of aromatic nitrogens is 2. The van der Waals surface area contributed by atoms with Gasteiger partial charge in [0, 0.05) is 23.2 Å². The van der Waals surface area contributed by atoms with E-state index in [1.54, 1.807) is 18.2 Å². The van der Waals surface area contributed by atoms with Crippen LogP contribution in [0.25, 0.3) is 0 Å². The summed E-state index contributed by atoms with van der Waals surface area (Å²) in [5.74, 6) is -1.51. The van der Waals surface area contributed by atoms with Crippen LogP contribution >= 0.6 is 0 Å². The summed E-state index contributed by atoms with van der Waals surface area (Å²) in [6, 6.07) is 9.87. The number of benzene rings is 2. The molecule has 0 radical (unpaired) electrons. The van der Waals surface area contributed by atoms with Gasteiger partial charge >= 0.3 is 12.4 Å². The van der Waals surface area contributed by atoms with E-state index >= 15 is 0 Å². The third-order valence-electron chi connectivity index (χ3n) is 4.77. The summed E-state index contributed by atoms with van der Waals surface area (Å²) in [5.41, 5.74) is -2.33. The van der Waals surface area contributed by atoms with Gasteiger partial charge in [-0.15, -0.1) is 5.06 Å². The maximum absolute atomic E-state index is 13.2. The molecule has 168 valence electrons. The van der Waals surface area contributed by atoms with E-state index in [1.807, 2.05) is 0 Å². The van der Waals surface area contributed by atoms with Crippen molar-refractivity contribution in [1.82, 2.24) is 10.2 Å². The zero-order valence-electron chi connectivity index (χ0n) is 16.2. The molecule has 0 atom stereocenters. The van der Waals surface area contributed by atoms with Crippen LogP contribution in [0, 0.1) is 0 Å². The maximum Gasteiger partial charge on any atom is 0.416 e. The van der Waals surface area contributed by atoms with Crippen molar-refractivity contribution in [3.05, 3.63) is 77.0 Å². The van der Waals surface area contributed by atoms with Gasteiger partial charge in [0.05, 0.1) is 11.1 Å². The molecule has 11 heteroatoms. The fourth-order valence-corrected chi connectivity index (χ4v) is 3.01. The van der Waals surface area contributed by atoms with Gasteiger partial charge in [0.2, 0.25) is 0 Å². The number of aromatic amines is 1. The fourth-order valence-electron chi connectivity index (χ4n) is 3.01. The van der Waals surface area contributed by atoms with E-state index < -0.39 is 35.1 Å². The summed E-state index contributed by atoms with van der Waals surface area (Å²) in [5, 5.41) is 7.28. The lowest BCUT2D eigenvalue weighted by molar-refractivity contribution is -0.143. The van der Waals surface area contributed by atoms with Crippen LogP contribution in [-0.2, 0) is 12.4 Å². The molecule has 0 unspecified atom stereocenters. The van der Waals surface area contributed by atoms with Gasteiger partial charge in [0.15, 0.2) is 11.6 Å². The molecular formula is C21H15F6N3O2. The monoisotopic (exact) mass is 455 g/mol. The summed E-state index contributed by atoms with van der Waals surface area (Å²) >= 11 is 0. The van der Waals surface area contributed by atoms with Crippen LogP contribution in [0.5, 0.6) is 5.75 Å². The zero-order chi connectivity index (χ0) is 23.1. The van der Waals surface area contributed by atoms with Crippen LogP contribution in [0.15, 0.2) is 54.6 Å². The average molecular weight is 455 g/mol. The number of H-pyrrole nitrogens is 1. The molecule has 1 fully saturated rings. The Hall–Kier alpha value is -3.50. The number of hydroxylamine groups is 1. The molecule has 1 aromatic heterocycles. The first kappa shape index (κ1) is 21.7. The van der Waals surface area contributed by atoms with Gasteiger partial charge in [-0.05, 0) is 43.2 Å². The Morgan fingerprint density at radius 1 is 0.938 bits per heavy atom. The number of nitrogens with zero attached hydrogens (tertiary/aromatic N) is 2. The molecule has 32 heavy (non-hydrogen) atoms. The van der Waals surface area contributed by atoms with Crippen molar-refractivity contribution in [2.45, 2.75) is 31.1 Å². The van der Waals surface area contributed by atoms with Crippen LogP contribution < -0.4 is 9.90 Å². The molecule has 4 rings (SSSR count). The number of nitrogens with one attached hydrogen (secondary N) is 1. The van der Waals surface area contributed by atoms with Gasteiger partial charge in [-0.25, -0.2) is 0 Å². The molecule has 3 aromatic rings.